The third kappa shape index (κ3) is 6.14. The molecule has 4 nitrogen and oxygen atoms in total. The molecule has 0 unspecified atom stereocenters. The van der Waals surface area contributed by atoms with Crippen LogP contribution >= 0.6 is 31.9 Å². The average molecular weight is 562 g/mol. The molecule has 0 saturated heterocycles. The van der Waals surface area contributed by atoms with Gasteiger partial charge in [0, 0.05) is 24.5 Å². The fraction of sp³-hybridized carbons (Fsp3) is 0.269. The van der Waals surface area contributed by atoms with Gasteiger partial charge >= 0.3 is 5.97 Å². The molecule has 0 fully saturated rings. The van der Waals surface area contributed by atoms with Crippen molar-refractivity contribution in [3.8, 4) is 17.2 Å². The summed E-state index contributed by atoms with van der Waals surface area (Å²) in [6.07, 6.45) is 0.741. The predicted octanol–water partition coefficient (Wildman–Crippen LogP) is 7.79. The summed E-state index contributed by atoms with van der Waals surface area (Å²) in [6, 6.07) is 18.1. The van der Waals surface area contributed by atoms with E-state index in [9.17, 15) is 4.79 Å². The zero-order valence-corrected chi connectivity index (χ0v) is 21.7. The fourth-order valence-electron chi connectivity index (χ4n) is 3.46. The quantitative estimate of drug-likeness (QED) is 0.263. The zero-order chi connectivity index (χ0) is 23.3. The van der Waals surface area contributed by atoms with E-state index in [1.807, 2.05) is 42.5 Å². The standard InChI is InChI=1S/C26H26Br2O4/c1-16(2)22-14-21(13-20(25(22)30-4)10-18-8-6-5-7-9-18)32-26-23(27)11-19(12-24(26)28)15-31-17(3)29/h5-9,11-14,16H,10,15H2,1-4H3. The van der Waals surface area contributed by atoms with Gasteiger partial charge in [-0.05, 0) is 73.2 Å². The molecule has 0 bridgehead atoms. The molecule has 0 atom stereocenters. The molecule has 0 aliphatic heterocycles. The van der Waals surface area contributed by atoms with Crippen LogP contribution < -0.4 is 9.47 Å². The minimum atomic E-state index is -0.317. The predicted molar refractivity (Wildman–Crippen MR) is 134 cm³/mol. The molecule has 0 aliphatic carbocycles. The maximum atomic E-state index is 11.1. The average Bonchev–Trinajstić information content (AvgIpc) is 2.75. The third-order valence-corrected chi connectivity index (χ3v) is 6.13. The second-order valence-electron chi connectivity index (χ2n) is 7.79. The molecule has 32 heavy (non-hydrogen) atoms. The maximum absolute atomic E-state index is 11.1. The van der Waals surface area contributed by atoms with Gasteiger partial charge in [-0.15, -0.1) is 0 Å². The highest BCUT2D eigenvalue weighted by molar-refractivity contribution is 9.11. The number of methoxy groups -OCH3 is 1. The minimum absolute atomic E-state index is 0.202. The van der Waals surface area contributed by atoms with Crippen molar-refractivity contribution in [2.75, 3.05) is 7.11 Å². The van der Waals surface area contributed by atoms with Crippen molar-refractivity contribution in [1.29, 1.82) is 0 Å². The first-order valence-electron chi connectivity index (χ1n) is 10.3. The summed E-state index contributed by atoms with van der Waals surface area (Å²) in [5.41, 5.74) is 4.22. The van der Waals surface area contributed by atoms with E-state index in [-0.39, 0.29) is 18.5 Å². The van der Waals surface area contributed by atoms with Crippen LogP contribution in [0.2, 0.25) is 0 Å². The number of ether oxygens (including phenoxy) is 3. The van der Waals surface area contributed by atoms with Crippen LogP contribution in [0.15, 0.2) is 63.5 Å². The molecule has 0 heterocycles. The highest BCUT2D eigenvalue weighted by Crippen LogP contribution is 2.41. The molecular weight excluding hydrogens is 536 g/mol. The van der Waals surface area contributed by atoms with Gasteiger partial charge in [0.25, 0.3) is 0 Å². The van der Waals surface area contributed by atoms with Gasteiger partial charge in [-0.3, -0.25) is 4.79 Å². The molecule has 0 aromatic heterocycles. The van der Waals surface area contributed by atoms with Crippen molar-refractivity contribution in [2.45, 2.75) is 39.7 Å². The summed E-state index contributed by atoms with van der Waals surface area (Å²) in [5, 5.41) is 0. The Hall–Kier alpha value is -2.31. The third-order valence-electron chi connectivity index (χ3n) is 4.95. The van der Waals surface area contributed by atoms with Crippen molar-refractivity contribution in [2.24, 2.45) is 0 Å². The Labute approximate surface area is 206 Å². The molecule has 3 rings (SSSR count). The monoisotopic (exact) mass is 560 g/mol. The highest BCUT2D eigenvalue weighted by Gasteiger charge is 2.18. The molecule has 168 valence electrons. The van der Waals surface area contributed by atoms with Crippen LogP contribution in [0.4, 0.5) is 0 Å². The molecular formula is C26H26Br2O4. The molecule has 0 aliphatic rings. The van der Waals surface area contributed by atoms with Crippen LogP contribution in [-0.2, 0) is 22.6 Å². The van der Waals surface area contributed by atoms with Gasteiger partial charge in [0.1, 0.15) is 18.1 Å². The SMILES string of the molecule is COc1c(Cc2ccccc2)cc(Oc2c(Br)cc(COC(C)=O)cc2Br)cc1C(C)C. The van der Waals surface area contributed by atoms with Gasteiger partial charge in [0.05, 0.1) is 16.1 Å². The van der Waals surface area contributed by atoms with Crippen molar-refractivity contribution in [1.82, 2.24) is 0 Å². The van der Waals surface area contributed by atoms with Crippen molar-refractivity contribution >= 4 is 37.8 Å². The van der Waals surface area contributed by atoms with Gasteiger partial charge < -0.3 is 14.2 Å². The number of esters is 1. The lowest BCUT2D eigenvalue weighted by molar-refractivity contribution is -0.142. The Kier molecular flexibility index (Phi) is 8.38. The zero-order valence-electron chi connectivity index (χ0n) is 18.6. The minimum Gasteiger partial charge on any atom is -0.496 e. The number of carbonyl (C=O) groups excluding carboxylic acids is 1. The summed E-state index contributed by atoms with van der Waals surface area (Å²) in [4.78, 5) is 11.1. The number of rotatable bonds is 8. The first-order chi connectivity index (χ1) is 15.3. The van der Waals surface area contributed by atoms with Crippen molar-refractivity contribution in [3.63, 3.8) is 0 Å². The molecule has 3 aromatic carbocycles. The number of carbonyl (C=O) groups is 1. The molecule has 0 radical (unpaired) electrons. The lowest BCUT2D eigenvalue weighted by atomic mass is 9.95. The fourth-order valence-corrected chi connectivity index (χ4v) is 4.91. The second kappa shape index (κ2) is 11.0. The van der Waals surface area contributed by atoms with Crippen molar-refractivity contribution in [3.05, 3.63) is 85.8 Å². The first kappa shape index (κ1) is 24.3. The molecule has 3 aromatic rings. The molecule has 0 spiro atoms. The number of hydrogen-bond acceptors (Lipinski definition) is 4. The van der Waals surface area contributed by atoms with E-state index in [0.717, 1.165) is 43.6 Å². The molecule has 0 saturated carbocycles. The van der Waals surface area contributed by atoms with Crippen molar-refractivity contribution < 1.29 is 19.0 Å². The van der Waals surface area contributed by atoms with Crippen LogP contribution in [0, 0.1) is 0 Å². The topological polar surface area (TPSA) is 44.8 Å². The van der Waals surface area contributed by atoms with Gasteiger partial charge in [-0.2, -0.15) is 0 Å². The number of hydrogen-bond donors (Lipinski definition) is 0. The van der Waals surface area contributed by atoms with Gasteiger partial charge in [0.15, 0.2) is 5.75 Å². The number of benzene rings is 3. The lowest BCUT2D eigenvalue weighted by Crippen LogP contribution is -2.02. The summed E-state index contributed by atoms with van der Waals surface area (Å²) in [5.74, 6) is 2.23. The van der Waals surface area contributed by atoms with Gasteiger partial charge in [-0.1, -0.05) is 44.2 Å². The van der Waals surface area contributed by atoms with Crippen LogP contribution in [0.5, 0.6) is 17.2 Å². The summed E-state index contributed by atoms with van der Waals surface area (Å²) in [6.45, 7) is 5.88. The van der Waals surface area contributed by atoms with E-state index in [1.54, 1.807) is 7.11 Å². The summed E-state index contributed by atoms with van der Waals surface area (Å²) < 4.78 is 18.8. The van der Waals surface area contributed by atoms with E-state index in [4.69, 9.17) is 14.2 Å². The molecule has 6 heteroatoms. The first-order valence-corrected chi connectivity index (χ1v) is 11.9. The van der Waals surface area contributed by atoms with E-state index in [2.05, 4.69) is 57.8 Å². The summed E-state index contributed by atoms with van der Waals surface area (Å²) >= 11 is 7.18. The van der Waals surface area contributed by atoms with Gasteiger partial charge in [0.2, 0.25) is 0 Å². The second-order valence-corrected chi connectivity index (χ2v) is 9.50. The highest BCUT2D eigenvalue weighted by atomic mass is 79.9. The number of halogens is 2. The Morgan fingerprint density at radius 3 is 2.16 bits per heavy atom. The summed E-state index contributed by atoms with van der Waals surface area (Å²) in [7, 11) is 1.71. The van der Waals surface area contributed by atoms with Crippen LogP contribution in [0.25, 0.3) is 0 Å². The Bertz CT molecular complexity index is 1070. The Balaban J connectivity index is 1.98. The van der Waals surface area contributed by atoms with Gasteiger partial charge in [-0.25, -0.2) is 0 Å². The normalized spacial score (nSPS) is 10.8. The maximum Gasteiger partial charge on any atom is 0.302 e. The lowest BCUT2D eigenvalue weighted by Gasteiger charge is -2.19. The van der Waals surface area contributed by atoms with E-state index in [0.29, 0.717) is 5.75 Å². The van der Waals surface area contributed by atoms with E-state index >= 15 is 0 Å². The van der Waals surface area contributed by atoms with E-state index < -0.39 is 0 Å². The van der Waals surface area contributed by atoms with Crippen LogP contribution in [0.3, 0.4) is 0 Å². The van der Waals surface area contributed by atoms with E-state index in [1.165, 1.54) is 12.5 Å². The molecule has 0 N–H and O–H groups in total. The van der Waals surface area contributed by atoms with Crippen LogP contribution in [0.1, 0.15) is 48.9 Å². The Morgan fingerprint density at radius 2 is 1.59 bits per heavy atom. The largest absolute Gasteiger partial charge is 0.496 e. The smallest absolute Gasteiger partial charge is 0.302 e. The van der Waals surface area contributed by atoms with Crippen LogP contribution in [-0.4, -0.2) is 13.1 Å². The Morgan fingerprint density at radius 1 is 0.938 bits per heavy atom. The molecule has 0 amide bonds.